The van der Waals surface area contributed by atoms with Gasteiger partial charge in [-0.3, -0.25) is 23.5 Å². The van der Waals surface area contributed by atoms with Crippen LogP contribution in [0.1, 0.15) is 34.6 Å². The molecule has 9 nitrogen and oxygen atoms in total. The van der Waals surface area contributed by atoms with Gasteiger partial charge in [-0.25, -0.2) is 4.79 Å². The molecule has 1 aromatic carbocycles. The number of nitrogens with two attached hydrogens (primary N) is 1. The molecular weight excluding hydrogens is 410 g/mol. The molecule has 2 heterocycles. The Bertz CT molecular complexity index is 1330. The van der Waals surface area contributed by atoms with Gasteiger partial charge in [0.1, 0.15) is 0 Å². The number of allylic oxidation sites excluding steroid dienone is 2. The largest absolute Gasteiger partial charge is 0.366 e. The number of halogens is 1. The first-order chi connectivity index (χ1) is 14.1. The van der Waals surface area contributed by atoms with E-state index in [1.807, 2.05) is 19.9 Å². The van der Waals surface area contributed by atoms with Crippen LogP contribution in [-0.4, -0.2) is 30.4 Å². The molecule has 0 unspecified atom stereocenters. The van der Waals surface area contributed by atoms with Gasteiger partial charge in [-0.1, -0.05) is 23.8 Å². The first kappa shape index (κ1) is 21.3. The summed E-state index contributed by atoms with van der Waals surface area (Å²) in [5, 5.41) is 0.0628. The van der Waals surface area contributed by atoms with E-state index in [-0.39, 0.29) is 27.6 Å². The SMILES string of the molecule is CC(C)=CCn1c(Cl)nc2c1c(=O)n(CC(=O)c1cccc(C(N)=O)c1)c(=O)n2C. The number of carbonyl (C=O) groups is 2. The van der Waals surface area contributed by atoms with Gasteiger partial charge >= 0.3 is 5.69 Å². The topological polar surface area (TPSA) is 122 Å². The molecule has 10 heteroatoms. The average molecular weight is 430 g/mol. The number of primary amides is 1. The molecule has 1 amide bonds. The first-order valence-electron chi connectivity index (χ1n) is 9.03. The molecule has 30 heavy (non-hydrogen) atoms. The fraction of sp³-hybridized carbons (Fsp3) is 0.250. The Morgan fingerprint density at radius 2 is 1.83 bits per heavy atom. The number of aromatic nitrogens is 4. The quantitative estimate of drug-likeness (QED) is 0.361. The van der Waals surface area contributed by atoms with E-state index in [0.717, 1.165) is 10.1 Å². The van der Waals surface area contributed by atoms with Crippen LogP contribution in [0.4, 0.5) is 0 Å². The van der Waals surface area contributed by atoms with Gasteiger partial charge in [-0.05, 0) is 37.6 Å². The lowest BCUT2D eigenvalue weighted by atomic mass is 10.1. The minimum Gasteiger partial charge on any atom is -0.366 e. The number of imidazole rings is 1. The van der Waals surface area contributed by atoms with Crippen molar-refractivity contribution in [1.82, 2.24) is 18.7 Å². The van der Waals surface area contributed by atoms with E-state index < -0.39 is 29.5 Å². The van der Waals surface area contributed by atoms with Crippen molar-refractivity contribution in [2.75, 3.05) is 0 Å². The lowest BCUT2D eigenvalue weighted by molar-refractivity contribution is 0.0969. The van der Waals surface area contributed by atoms with Gasteiger partial charge in [-0.2, -0.15) is 4.98 Å². The van der Waals surface area contributed by atoms with E-state index in [9.17, 15) is 19.2 Å². The van der Waals surface area contributed by atoms with Crippen LogP contribution in [-0.2, 0) is 20.1 Å². The molecule has 0 saturated carbocycles. The van der Waals surface area contributed by atoms with Crippen LogP contribution >= 0.6 is 11.6 Å². The predicted octanol–water partition coefficient (Wildman–Crippen LogP) is 1.50. The number of fused-ring (bicyclic) bond motifs is 1. The normalized spacial score (nSPS) is 10.9. The summed E-state index contributed by atoms with van der Waals surface area (Å²) in [4.78, 5) is 54.1. The summed E-state index contributed by atoms with van der Waals surface area (Å²) < 4.78 is 3.49. The van der Waals surface area contributed by atoms with Crippen molar-refractivity contribution in [3.05, 3.63) is 73.2 Å². The zero-order valence-corrected chi connectivity index (χ0v) is 17.4. The van der Waals surface area contributed by atoms with Crippen molar-refractivity contribution in [1.29, 1.82) is 0 Å². The minimum absolute atomic E-state index is 0.0628. The number of aryl methyl sites for hydroxylation is 1. The molecule has 0 aliphatic heterocycles. The number of hydrogen-bond acceptors (Lipinski definition) is 5. The zero-order chi connectivity index (χ0) is 22.2. The number of carbonyl (C=O) groups excluding carboxylic acids is 2. The maximum atomic E-state index is 13.1. The molecule has 0 spiro atoms. The lowest BCUT2D eigenvalue weighted by Crippen LogP contribution is -2.41. The van der Waals surface area contributed by atoms with Crippen molar-refractivity contribution in [2.45, 2.75) is 26.9 Å². The van der Waals surface area contributed by atoms with Crippen molar-refractivity contribution in [2.24, 2.45) is 12.8 Å². The monoisotopic (exact) mass is 429 g/mol. The van der Waals surface area contributed by atoms with Crippen LogP contribution in [0.15, 0.2) is 45.5 Å². The van der Waals surface area contributed by atoms with Crippen molar-refractivity contribution in [3.63, 3.8) is 0 Å². The molecule has 0 radical (unpaired) electrons. The fourth-order valence-electron chi connectivity index (χ4n) is 3.01. The molecule has 0 fully saturated rings. The molecule has 3 rings (SSSR count). The number of nitrogens with zero attached hydrogens (tertiary/aromatic N) is 4. The number of benzene rings is 1. The Hall–Kier alpha value is -3.46. The third-order valence-corrected chi connectivity index (χ3v) is 4.93. The standard InChI is InChI=1S/C20H20ClN5O4/c1-11(2)7-8-25-15-17(23-19(25)21)24(3)20(30)26(18(15)29)10-14(27)12-5-4-6-13(9-12)16(22)28/h4-7,9H,8,10H2,1-3H3,(H2,22,28). The highest BCUT2D eigenvalue weighted by molar-refractivity contribution is 6.29. The summed E-state index contributed by atoms with van der Waals surface area (Å²) in [6.45, 7) is 3.59. The number of amides is 1. The lowest BCUT2D eigenvalue weighted by Gasteiger charge is -2.09. The van der Waals surface area contributed by atoms with Crippen LogP contribution in [0.2, 0.25) is 5.28 Å². The molecule has 0 saturated heterocycles. The van der Waals surface area contributed by atoms with Crippen LogP contribution in [0.3, 0.4) is 0 Å². The van der Waals surface area contributed by atoms with Crippen LogP contribution < -0.4 is 17.0 Å². The van der Waals surface area contributed by atoms with Gasteiger partial charge in [0, 0.05) is 24.7 Å². The molecule has 156 valence electrons. The summed E-state index contributed by atoms with van der Waals surface area (Å²) >= 11 is 6.20. The maximum Gasteiger partial charge on any atom is 0.332 e. The average Bonchev–Trinajstić information content (AvgIpc) is 3.04. The van der Waals surface area contributed by atoms with Gasteiger partial charge in [0.2, 0.25) is 11.2 Å². The summed E-state index contributed by atoms with van der Waals surface area (Å²) in [6, 6.07) is 5.79. The van der Waals surface area contributed by atoms with E-state index in [4.69, 9.17) is 17.3 Å². The Morgan fingerprint density at radius 1 is 1.17 bits per heavy atom. The highest BCUT2D eigenvalue weighted by Gasteiger charge is 2.21. The Labute approximate surface area is 176 Å². The highest BCUT2D eigenvalue weighted by atomic mass is 35.5. The maximum absolute atomic E-state index is 13.1. The van der Waals surface area contributed by atoms with Gasteiger partial charge in [0.15, 0.2) is 16.9 Å². The predicted molar refractivity (Wildman–Crippen MR) is 113 cm³/mol. The molecular formula is C20H20ClN5O4. The van der Waals surface area contributed by atoms with E-state index in [1.54, 1.807) is 0 Å². The molecule has 0 aliphatic carbocycles. The number of ketones is 1. The molecule has 0 atom stereocenters. The molecule has 2 N–H and O–H groups in total. The fourth-order valence-corrected chi connectivity index (χ4v) is 3.24. The Morgan fingerprint density at radius 3 is 2.47 bits per heavy atom. The summed E-state index contributed by atoms with van der Waals surface area (Å²) in [7, 11) is 1.45. The van der Waals surface area contributed by atoms with Gasteiger partial charge in [0.25, 0.3) is 5.56 Å². The molecule has 0 aliphatic rings. The summed E-state index contributed by atoms with van der Waals surface area (Å²) in [5.74, 6) is -1.20. The molecule has 0 bridgehead atoms. The first-order valence-corrected chi connectivity index (χ1v) is 9.41. The summed E-state index contributed by atoms with van der Waals surface area (Å²) in [5.41, 5.74) is 5.47. The second-order valence-corrected chi connectivity index (χ2v) is 7.38. The third kappa shape index (κ3) is 3.84. The van der Waals surface area contributed by atoms with Crippen LogP contribution in [0.5, 0.6) is 0 Å². The summed E-state index contributed by atoms with van der Waals surface area (Å²) in [6.07, 6.45) is 1.86. The van der Waals surface area contributed by atoms with Crippen LogP contribution in [0.25, 0.3) is 11.2 Å². The van der Waals surface area contributed by atoms with E-state index in [2.05, 4.69) is 4.98 Å². The molecule has 2 aromatic heterocycles. The van der Waals surface area contributed by atoms with Crippen molar-refractivity contribution in [3.8, 4) is 0 Å². The van der Waals surface area contributed by atoms with Gasteiger partial charge < -0.3 is 10.3 Å². The Kier molecular flexibility index (Phi) is 5.75. The smallest absolute Gasteiger partial charge is 0.332 e. The highest BCUT2D eigenvalue weighted by Crippen LogP contribution is 2.16. The van der Waals surface area contributed by atoms with E-state index in [1.165, 1.54) is 40.4 Å². The Balaban J connectivity index is 2.13. The zero-order valence-electron chi connectivity index (χ0n) is 16.7. The van der Waals surface area contributed by atoms with Crippen molar-refractivity contribution < 1.29 is 9.59 Å². The number of rotatable bonds is 6. The number of Topliss-reactive ketones (excluding diaryl/α,β-unsaturated/α-hetero) is 1. The second-order valence-electron chi connectivity index (χ2n) is 7.05. The molecule has 3 aromatic rings. The number of hydrogen-bond donors (Lipinski definition) is 1. The van der Waals surface area contributed by atoms with Crippen molar-refractivity contribution >= 4 is 34.5 Å². The third-order valence-electron chi connectivity index (χ3n) is 4.64. The van der Waals surface area contributed by atoms with Gasteiger partial charge in [0.05, 0.1) is 6.54 Å². The van der Waals surface area contributed by atoms with Crippen LogP contribution in [0, 0.1) is 0 Å². The van der Waals surface area contributed by atoms with E-state index in [0.29, 0.717) is 6.54 Å². The minimum atomic E-state index is -0.699. The van der Waals surface area contributed by atoms with E-state index >= 15 is 0 Å². The van der Waals surface area contributed by atoms with Gasteiger partial charge in [-0.15, -0.1) is 0 Å². The second kappa shape index (κ2) is 8.11.